The zero-order valence-corrected chi connectivity index (χ0v) is 26.2. The van der Waals surface area contributed by atoms with Gasteiger partial charge >= 0.3 is 0 Å². The highest BCUT2D eigenvalue weighted by Gasteiger charge is 2.51. The number of fused-ring (bicyclic) bond motifs is 2. The lowest BCUT2D eigenvalue weighted by Crippen LogP contribution is -2.52. The molecule has 3 aliphatic rings. The SMILES string of the molecule is CCOCOc1c2c(cc([C@H]3C=C[C@H]4OC(C)(C)O[C@H]4[C@@H]3NS(=O)(=O)c3ccc(C)cc3)c1C(=O)N(CC)CC)OCO2. The van der Waals surface area contributed by atoms with Gasteiger partial charge in [-0.1, -0.05) is 29.8 Å². The lowest BCUT2D eigenvalue weighted by Gasteiger charge is -2.36. The van der Waals surface area contributed by atoms with Crippen LogP contribution in [-0.2, 0) is 24.2 Å². The van der Waals surface area contributed by atoms with Crippen LogP contribution in [0.4, 0.5) is 0 Å². The van der Waals surface area contributed by atoms with E-state index < -0.39 is 40.0 Å². The summed E-state index contributed by atoms with van der Waals surface area (Å²) in [5.74, 6) is -1.04. The van der Waals surface area contributed by atoms with Gasteiger partial charge in [0.2, 0.25) is 22.6 Å². The van der Waals surface area contributed by atoms with Crippen molar-refractivity contribution < 1.29 is 41.6 Å². The van der Waals surface area contributed by atoms with Crippen molar-refractivity contribution >= 4 is 15.9 Å². The Morgan fingerprint density at radius 1 is 1.07 bits per heavy atom. The zero-order valence-electron chi connectivity index (χ0n) is 25.4. The van der Waals surface area contributed by atoms with Crippen LogP contribution in [0, 0.1) is 6.92 Å². The molecule has 5 rings (SSSR count). The van der Waals surface area contributed by atoms with Crippen LogP contribution in [0.15, 0.2) is 47.4 Å². The maximum absolute atomic E-state index is 14.2. The zero-order chi connectivity index (χ0) is 30.9. The third-order valence-corrected chi connectivity index (χ3v) is 9.27. The molecule has 0 radical (unpaired) electrons. The van der Waals surface area contributed by atoms with E-state index in [1.54, 1.807) is 49.1 Å². The number of carbonyl (C=O) groups is 1. The van der Waals surface area contributed by atoms with Gasteiger partial charge in [-0.15, -0.1) is 0 Å². The van der Waals surface area contributed by atoms with Crippen LogP contribution in [0.2, 0.25) is 0 Å². The summed E-state index contributed by atoms with van der Waals surface area (Å²) in [6, 6.07) is 7.49. The number of aryl methyl sites for hydroxylation is 1. The fraction of sp³-hybridized carbons (Fsp3) is 0.516. The van der Waals surface area contributed by atoms with Crippen LogP contribution in [0.25, 0.3) is 0 Å². The van der Waals surface area contributed by atoms with E-state index in [1.165, 1.54) is 0 Å². The molecule has 2 heterocycles. The van der Waals surface area contributed by atoms with Gasteiger partial charge < -0.3 is 33.3 Å². The first-order valence-electron chi connectivity index (χ1n) is 14.6. The molecule has 1 saturated heterocycles. The molecule has 2 aromatic carbocycles. The van der Waals surface area contributed by atoms with E-state index in [9.17, 15) is 13.2 Å². The molecule has 1 fully saturated rings. The number of amides is 1. The lowest BCUT2D eigenvalue weighted by atomic mass is 9.80. The normalized spacial score (nSPS) is 23.7. The first-order chi connectivity index (χ1) is 20.5. The first-order valence-corrected chi connectivity index (χ1v) is 16.1. The van der Waals surface area contributed by atoms with E-state index in [0.717, 1.165) is 5.56 Å². The molecule has 0 saturated carbocycles. The number of nitrogens with zero attached hydrogens (tertiary/aromatic N) is 1. The van der Waals surface area contributed by atoms with E-state index in [4.69, 9.17) is 28.4 Å². The third kappa shape index (κ3) is 6.25. The highest BCUT2D eigenvalue weighted by atomic mass is 32.2. The third-order valence-electron chi connectivity index (χ3n) is 7.80. The highest BCUT2D eigenvalue weighted by Crippen LogP contribution is 2.50. The predicted octanol–water partition coefficient (Wildman–Crippen LogP) is 4.10. The molecule has 0 spiro atoms. The number of sulfonamides is 1. The summed E-state index contributed by atoms with van der Waals surface area (Å²) in [6.07, 6.45) is 2.51. The van der Waals surface area contributed by atoms with E-state index in [1.807, 2.05) is 39.8 Å². The Balaban J connectivity index is 1.68. The van der Waals surface area contributed by atoms with Gasteiger partial charge in [-0.3, -0.25) is 4.79 Å². The summed E-state index contributed by atoms with van der Waals surface area (Å²) in [6.45, 7) is 12.2. The van der Waals surface area contributed by atoms with Crippen LogP contribution in [0.3, 0.4) is 0 Å². The molecule has 1 amide bonds. The first kappa shape index (κ1) is 31.3. The molecule has 234 valence electrons. The number of benzene rings is 2. The van der Waals surface area contributed by atoms with Gasteiger partial charge in [-0.25, -0.2) is 13.1 Å². The Labute approximate surface area is 253 Å². The molecule has 11 nitrogen and oxygen atoms in total. The predicted molar refractivity (Wildman–Crippen MR) is 158 cm³/mol. The fourth-order valence-electron chi connectivity index (χ4n) is 5.70. The molecule has 4 atom stereocenters. The summed E-state index contributed by atoms with van der Waals surface area (Å²) in [5, 5.41) is 0. The standard InChI is InChI=1S/C31H40N2O9S/c1-7-33(8-2)30(34)25-22(16-24-28(40-18-38-24)29(25)39-17-37-9-3)21-14-15-23-27(42-31(5,6)41-23)26(21)32-43(35,36)20-12-10-19(4)11-13-20/h10-16,21,23,26-27,32H,7-9,17-18H2,1-6H3/t21-,23-,26-,27-/m1/s1. The summed E-state index contributed by atoms with van der Waals surface area (Å²) < 4.78 is 66.0. The second-order valence-electron chi connectivity index (χ2n) is 11.1. The summed E-state index contributed by atoms with van der Waals surface area (Å²) in [7, 11) is -4.01. The average molecular weight is 617 g/mol. The number of carbonyl (C=O) groups excluding carboxylic acids is 1. The van der Waals surface area contributed by atoms with Crippen molar-refractivity contribution in [3.05, 3.63) is 59.2 Å². The Kier molecular flexibility index (Phi) is 9.05. The van der Waals surface area contributed by atoms with Crippen molar-refractivity contribution in [1.29, 1.82) is 0 Å². The van der Waals surface area contributed by atoms with Gasteiger partial charge in [0.05, 0.1) is 16.5 Å². The monoisotopic (exact) mass is 616 g/mol. The molecule has 1 N–H and O–H groups in total. The topological polar surface area (TPSA) is 122 Å². The maximum Gasteiger partial charge on any atom is 0.258 e. The minimum Gasteiger partial charge on any atom is -0.463 e. The molecule has 0 aromatic heterocycles. The molecule has 12 heteroatoms. The second kappa shape index (κ2) is 12.4. The molecule has 43 heavy (non-hydrogen) atoms. The van der Waals surface area contributed by atoms with Gasteiger partial charge in [-0.05, 0) is 65.3 Å². The summed E-state index contributed by atoms with van der Waals surface area (Å²) in [5.41, 5.74) is 1.69. The molecule has 0 unspecified atom stereocenters. The van der Waals surface area contributed by atoms with Crippen LogP contribution in [0.1, 0.15) is 62.0 Å². The van der Waals surface area contributed by atoms with Crippen LogP contribution < -0.4 is 18.9 Å². The Morgan fingerprint density at radius 2 is 1.79 bits per heavy atom. The van der Waals surface area contributed by atoms with Crippen molar-refractivity contribution in [2.75, 3.05) is 33.3 Å². The number of hydrogen-bond donors (Lipinski definition) is 1. The number of rotatable bonds is 11. The molecule has 2 aromatic rings. The number of hydrogen-bond acceptors (Lipinski definition) is 9. The van der Waals surface area contributed by atoms with Crippen LogP contribution in [-0.4, -0.2) is 76.5 Å². The van der Waals surface area contributed by atoms with E-state index in [0.29, 0.717) is 36.8 Å². The van der Waals surface area contributed by atoms with Gasteiger partial charge in [-0.2, -0.15) is 0 Å². The second-order valence-corrected chi connectivity index (χ2v) is 12.8. The maximum atomic E-state index is 14.2. The molecular weight excluding hydrogens is 576 g/mol. The Morgan fingerprint density at radius 3 is 2.47 bits per heavy atom. The van der Waals surface area contributed by atoms with Gasteiger partial charge in [0.25, 0.3) is 5.91 Å². The van der Waals surface area contributed by atoms with E-state index in [2.05, 4.69) is 4.72 Å². The van der Waals surface area contributed by atoms with E-state index in [-0.39, 0.29) is 35.7 Å². The molecule has 2 aliphatic heterocycles. The lowest BCUT2D eigenvalue weighted by molar-refractivity contribution is -0.144. The molecular formula is C31H40N2O9S. The fourth-order valence-corrected chi connectivity index (χ4v) is 6.97. The van der Waals surface area contributed by atoms with Gasteiger partial charge in [0.15, 0.2) is 24.1 Å². The van der Waals surface area contributed by atoms with Crippen LogP contribution in [0.5, 0.6) is 17.2 Å². The minimum absolute atomic E-state index is 0.0531. The minimum atomic E-state index is -4.01. The van der Waals surface area contributed by atoms with Crippen LogP contribution >= 0.6 is 0 Å². The van der Waals surface area contributed by atoms with Crippen molar-refractivity contribution in [2.24, 2.45) is 0 Å². The number of ether oxygens (including phenoxy) is 6. The van der Waals surface area contributed by atoms with E-state index >= 15 is 0 Å². The van der Waals surface area contributed by atoms with Gasteiger partial charge in [0, 0.05) is 25.6 Å². The summed E-state index contributed by atoms with van der Waals surface area (Å²) in [4.78, 5) is 16.0. The smallest absolute Gasteiger partial charge is 0.258 e. The van der Waals surface area contributed by atoms with Crippen molar-refractivity contribution in [3.8, 4) is 17.2 Å². The summed E-state index contributed by atoms with van der Waals surface area (Å²) >= 11 is 0. The Bertz CT molecular complexity index is 1470. The number of nitrogens with one attached hydrogen (secondary N) is 1. The molecule has 0 bridgehead atoms. The largest absolute Gasteiger partial charge is 0.463 e. The van der Waals surface area contributed by atoms with Crippen molar-refractivity contribution in [2.45, 2.75) is 76.4 Å². The Hall–Kier alpha value is -3.16. The quantitative estimate of drug-likeness (QED) is 0.226. The highest BCUT2D eigenvalue weighted by molar-refractivity contribution is 7.89. The average Bonchev–Trinajstić information content (AvgIpc) is 3.56. The van der Waals surface area contributed by atoms with Gasteiger partial charge in [0.1, 0.15) is 12.2 Å². The molecule has 1 aliphatic carbocycles. The van der Waals surface area contributed by atoms with Crippen molar-refractivity contribution in [3.63, 3.8) is 0 Å². The van der Waals surface area contributed by atoms with Crippen molar-refractivity contribution in [1.82, 2.24) is 9.62 Å².